The van der Waals surface area contributed by atoms with Crippen LogP contribution in [-0.4, -0.2) is 65.9 Å². The molecule has 1 saturated heterocycles. The first-order valence-electron chi connectivity index (χ1n) is 11.3. The second-order valence-corrected chi connectivity index (χ2v) is 10.9. The molecule has 0 radical (unpaired) electrons. The van der Waals surface area contributed by atoms with E-state index in [0.717, 1.165) is 59.0 Å². The van der Waals surface area contributed by atoms with E-state index in [1.807, 2.05) is 40.5 Å². The van der Waals surface area contributed by atoms with Gasteiger partial charge in [0.05, 0.1) is 11.9 Å². The summed E-state index contributed by atoms with van der Waals surface area (Å²) in [6.07, 6.45) is 4.80. The number of rotatable bonds is 4. The minimum Gasteiger partial charge on any atom is -0.352 e. The number of hydrogen-bond donors (Lipinski definition) is 0. The van der Waals surface area contributed by atoms with Crippen LogP contribution in [0.3, 0.4) is 0 Å². The number of piperazine rings is 1. The fourth-order valence-electron chi connectivity index (χ4n) is 4.66. The van der Waals surface area contributed by atoms with Gasteiger partial charge in [-0.1, -0.05) is 15.9 Å². The fraction of sp³-hybridized carbons (Fsp3) is 0.458. The monoisotopic (exact) mass is 513 g/mol. The first kappa shape index (κ1) is 21.8. The molecule has 0 spiro atoms. The van der Waals surface area contributed by atoms with Gasteiger partial charge in [0, 0.05) is 41.1 Å². The van der Waals surface area contributed by atoms with Crippen LogP contribution in [0, 0.1) is 0 Å². The number of aromatic nitrogens is 2. The maximum Gasteiger partial charge on any atom is 0.253 e. The van der Waals surface area contributed by atoms with Crippen LogP contribution in [0.5, 0.6) is 0 Å². The standard InChI is InChI=1S/C24H28BrN5OS/c1-28(2)15-20-26-22(21-18-5-3-4-6-19(18)32-23(21)27-20)29-11-13-30(14-12-29)24(31)16-7-9-17(25)10-8-16/h7-10H,3-6,11-15H2,1-2H3. The summed E-state index contributed by atoms with van der Waals surface area (Å²) >= 11 is 5.30. The van der Waals surface area contributed by atoms with Gasteiger partial charge in [0.1, 0.15) is 16.5 Å². The number of carbonyl (C=O) groups is 1. The van der Waals surface area contributed by atoms with E-state index in [-0.39, 0.29) is 5.91 Å². The van der Waals surface area contributed by atoms with Crippen molar-refractivity contribution >= 4 is 49.2 Å². The Morgan fingerprint density at radius 1 is 1.06 bits per heavy atom. The second kappa shape index (κ2) is 9.08. The number of fused-ring (bicyclic) bond motifs is 3. The van der Waals surface area contributed by atoms with Gasteiger partial charge in [-0.25, -0.2) is 9.97 Å². The molecule has 3 aromatic rings. The predicted molar refractivity (Wildman–Crippen MR) is 134 cm³/mol. The van der Waals surface area contributed by atoms with Crippen molar-refractivity contribution in [1.82, 2.24) is 19.8 Å². The minimum atomic E-state index is 0.103. The van der Waals surface area contributed by atoms with Gasteiger partial charge in [-0.2, -0.15) is 0 Å². The molecule has 1 aliphatic carbocycles. The summed E-state index contributed by atoms with van der Waals surface area (Å²) in [4.78, 5) is 32.0. The highest BCUT2D eigenvalue weighted by atomic mass is 79.9. The molecule has 0 unspecified atom stereocenters. The fourth-order valence-corrected chi connectivity index (χ4v) is 6.20. The molecule has 6 nitrogen and oxygen atoms in total. The van der Waals surface area contributed by atoms with Gasteiger partial charge < -0.3 is 14.7 Å². The molecular formula is C24H28BrN5OS. The molecular weight excluding hydrogens is 486 g/mol. The minimum absolute atomic E-state index is 0.103. The van der Waals surface area contributed by atoms with Crippen molar-refractivity contribution in [2.45, 2.75) is 32.2 Å². The van der Waals surface area contributed by atoms with Crippen LogP contribution in [0.1, 0.15) is 39.5 Å². The van der Waals surface area contributed by atoms with Gasteiger partial charge in [-0.15, -0.1) is 11.3 Å². The van der Waals surface area contributed by atoms with E-state index < -0.39 is 0 Å². The summed E-state index contributed by atoms with van der Waals surface area (Å²) in [6, 6.07) is 7.62. The molecule has 1 amide bonds. The molecule has 168 valence electrons. The Bertz CT molecular complexity index is 1140. The van der Waals surface area contributed by atoms with E-state index in [1.165, 1.54) is 28.7 Å². The van der Waals surface area contributed by atoms with Crippen molar-refractivity contribution in [1.29, 1.82) is 0 Å². The number of hydrogen-bond acceptors (Lipinski definition) is 6. The van der Waals surface area contributed by atoms with Gasteiger partial charge in [-0.3, -0.25) is 4.79 Å². The number of anilines is 1. The van der Waals surface area contributed by atoms with Crippen molar-refractivity contribution in [3.8, 4) is 0 Å². The summed E-state index contributed by atoms with van der Waals surface area (Å²) in [6.45, 7) is 3.72. The zero-order chi connectivity index (χ0) is 22.2. The number of halogens is 1. The Morgan fingerprint density at radius 2 is 1.78 bits per heavy atom. The van der Waals surface area contributed by atoms with Gasteiger partial charge in [0.2, 0.25) is 0 Å². The molecule has 0 bridgehead atoms. The zero-order valence-electron chi connectivity index (χ0n) is 18.6. The van der Waals surface area contributed by atoms with Crippen LogP contribution in [-0.2, 0) is 19.4 Å². The molecule has 8 heteroatoms. The van der Waals surface area contributed by atoms with Gasteiger partial charge >= 0.3 is 0 Å². The molecule has 2 aromatic heterocycles. The molecule has 1 aromatic carbocycles. The Balaban J connectivity index is 1.42. The molecule has 1 aliphatic heterocycles. The molecule has 0 N–H and O–H groups in total. The summed E-state index contributed by atoms with van der Waals surface area (Å²) in [5.74, 6) is 2.05. The molecule has 0 saturated carbocycles. The second-order valence-electron chi connectivity index (χ2n) is 8.88. The van der Waals surface area contributed by atoms with Crippen LogP contribution in [0.2, 0.25) is 0 Å². The lowest BCUT2D eigenvalue weighted by Gasteiger charge is -2.36. The van der Waals surface area contributed by atoms with Crippen molar-refractivity contribution in [3.63, 3.8) is 0 Å². The van der Waals surface area contributed by atoms with E-state index in [9.17, 15) is 4.79 Å². The van der Waals surface area contributed by atoms with Crippen LogP contribution in [0.25, 0.3) is 10.2 Å². The molecule has 0 atom stereocenters. The number of benzene rings is 1. The van der Waals surface area contributed by atoms with Gasteiger partial charge in [0.15, 0.2) is 0 Å². The number of thiophene rings is 1. The number of amides is 1. The molecule has 1 fully saturated rings. The maximum absolute atomic E-state index is 13.0. The molecule has 3 heterocycles. The average molecular weight is 514 g/mol. The van der Waals surface area contributed by atoms with Crippen molar-refractivity contribution in [2.24, 2.45) is 0 Å². The van der Waals surface area contributed by atoms with E-state index in [2.05, 4.69) is 39.8 Å². The first-order chi connectivity index (χ1) is 15.5. The van der Waals surface area contributed by atoms with Crippen LogP contribution >= 0.6 is 27.3 Å². The Kier molecular flexibility index (Phi) is 6.18. The summed E-state index contributed by atoms with van der Waals surface area (Å²) in [7, 11) is 4.11. The zero-order valence-corrected chi connectivity index (χ0v) is 21.0. The van der Waals surface area contributed by atoms with Gasteiger partial charge in [-0.05, 0) is 69.6 Å². The third kappa shape index (κ3) is 4.28. The van der Waals surface area contributed by atoms with E-state index >= 15 is 0 Å². The maximum atomic E-state index is 13.0. The quantitative estimate of drug-likeness (QED) is 0.518. The molecule has 32 heavy (non-hydrogen) atoms. The largest absolute Gasteiger partial charge is 0.352 e. The Labute approximate surface area is 201 Å². The number of carbonyl (C=O) groups excluding carboxylic acids is 1. The van der Waals surface area contributed by atoms with Crippen molar-refractivity contribution < 1.29 is 4.79 Å². The third-order valence-corrected chi connectivity index (χ3v) is 7.97. The first-order valence-corrected chi connectivity index (χ1v) is 12.9. The highest BCUT2D eigenvalue weighted by molar-refractivity contribution is 9.10. The lowest BCUT2D eigenvalue weighted by molar-refractivity contribution is 0.0746. The topological polar surface area (TPSA) is 52.6 Å². The normalized spacial score (nSPS) is 16.6. The van der Waals surface area contributed by atoms with Crippen LogP contribution in [0.4, 0.5) is 5.82 Å². The van der Waals surface area contributed by atoms with Gasteiger partial charge in [0.25, 0.3) is 5.91 Å². The number of nitrogens with zero attached hydrogens (tertiary/aromatic N) is 5. The molecule has 2 aliphatic rings. The van der Waals surface area contributed by atoms with E-state index in [4.69, 9.17) is 9.97 Å². The average Bonchev–Trinajstić information content (AvgIpc) is 3.17. The third-order valence-electron chi connectivity index (χ3n) is 6.26. The SMILES string of the molecule is CN(C)Cc1nc(N2CCN(C(=O)c3ccc(Br)cc3)CC2)c2c3c(sc2n1)CCCC3. The summed E-state index contributed by atoms with van der Waals surface area (Å²) in [5.41, 5.74) is 2.21. The highest BCUT2D eigenvalue weighted by Gasteiger charge is 2.28. The Hall–Kier alpha value is -2.03. The summed E-state index contributed by atoms with van der Waals surface area (Å²) < 4.78 is 0.985. The van der Waals surface area contributed by atoms with Crippen molar-refractivity contribution in [3.05, 3.63) is 50.6 Å². The van der Waals surface area contributed by atoms with Crippen LogP contribution in [0.15, 0.2) is 28.7 Å². The lowest BCUT2D eigenvalue weighted by Crippen LogP contribution is -2.49. The summed E-state index contributed by atoms with van der Waals surface area (Å²) in [5, 5.41) is 1.26. The number of aryl methyl sites for hydroxylation is 2. The predicted octanol–water partition coefficient (Wildman–Crippen LogP) is 4.36. The van der Waals surface area contributed by atoms with Crippen molar-refractivity contribution in [2.75, 3.05) is 45.2 Å². The Morgan fingerprint density at radius 3 is 2.50 bits per heavy atom. The van der Waals surface area contributed by atoms with E-state index in [1.54, 1.807) is 0 Å². The lowest BCUT2D eigenvalue weighted by atomic mass is 9.97. The highest BCUT2D eigenvalue weighted by Crippen LogP contribution is 2.40. The van der Waals surface area contributed by atoms with Crippen LogP contribution < -0.4 is 4.90 Å². The molecule has 5 rings (SSSR count). The van der Waals surface area contributed by atoms with E-state index in [0.29, 0.717) is 13.1 Å². The smallest absolute Gasteiger partial charge is 0.253 e.